The third-order valence-electron chi connectivity index (χ3n) is 4.10. The molecule has 3 aromatic carbocycles. The van der Waals surface area contributed by atoms with Crippen molar-refractivity contribution < 1.29 is 23.4 Å². The Morgan fingerprint density at radius 3 is 2.21 bits per heavy atom. The van der Waals surface area contributed by atoms with E-state index in [2.05, 4.69) is 5.32 Å². The van der Waals surface area contributed by atoms with E-state index >= 15 is 0 Å². The lowest BCUT2D eigenvalue weighted by Crippen LogP contribution is -2.12. The smallest absolute Gasteiger partial charge is 0.255 e. The minimum Gasteiger partial charge on any atom is -0.497 e. The average Bonchev–Trinajstić information content (AvgIpc) is 2.74. The van der Waals surface area contributed by atoms with Crippen molar-refractivity contribution in [2.45, 2.75) is 6.61 Å². The Morgan fingerprint density at radius 1 is 0.893 bits per heavy atom. The van der Waals surface area contributed by atoms with Crippen LogP contribution in [0.25, 0.3) is 0 Å². The van der Waals surface area contributed by atoms with Crippen LogP contribution in [0.1, 0.15) is 15.9 Å². The van der Waals surface area contributed by atoms with Gasteiger partial charge in [-0.2, -0.15) is 0 Å². The van der Waals surface area contributed by atoms with Crippen molar-refractivity contribution in [2.24, 2.45) is 0 Å². The van der Waals surface area contributed by atoms with Gasteiger partial charge in [0.25, 0.3) is 5.91 Å². The molecular formula is C22H20FNO4. The van der Waals surface area contributed by atoms with Crippen LogP contribution in [-0.2, 0) is 6.61 Å². The standard InChI is InChI=1S/C22H20FNO4/c1-26-19-8-10-20(11-9-19)28-14-16-13-15(3-12-21(16)27-2)22(25)24-18-6-4-17(23)5-7-18/h3-13H,14H2,1-2H3,(H,24,25). The molecule has 1 N–H and O–H groups in total. The highest BCUT2D eigenvalue weighted by Gasteiger charge is 2.12. The molecule has 3 rings (SSSR count). The molecule has 0 aliphatic rings. The molecule has 5 nitrogen and oxygen atoms in total. The molecule has 0 aromatic heterocycles. The van der Waals surface area contributed by atoms with Gasteiger partial charge in [-0.1, -0.05) is 0 Å². The lowest BCUT2D eigenvalue weighted by Gasteiger charge is -2.13. The SMILES string of the molecule is COc1ccc(OCc2cc(C(=O)Nc3ccc(F)cc3)ccc2OC)cc1. The summed E-state index contributed by atoms with van der Waals surface area (Å²) >= 11 is 0. The van der Waals surface area contributed by atoms with Gasteiger partial charge >= 0.3 is 0 Å². The Labute approximate surface area is 162 Å². The van der Waals surface area contributed by atoms with Gasteiger partial charge in [0, 0.05) is 16.8 Å². The van der Waals surface area contributed by atoms with Crippen LogP contribution in [0.15, 0.2) is 66.7 Å². The molecule has 1 amide bonds. The summed E-state index contributed by atoms with van der Waals surface area (Å²) in [5.41, 5.74) is 1.68. The molecule has 3 aromatic rings. The fourth-order valence-corrected chi connectivity index (χ4v) is 2.60. The summed E-state index contributed by atoms with van der Waals surface area (Å²) in [5, 5.41) is 2.74. The highest BCUT2D eigenvalue weighted by molar-refractivity contribution is 6.04. The molecule has 0 atom stereocenters. The molecule has 0 saturated heterocycles. The summed E-state index contributed by atoms with van der Waals surface area (Å²) in [7, 11) is 3.16. The van der Waals surface area contributed by atoms with E-state index in [1.54, 1.807) is 56.7 Å². The summed E-state index contributed by atoms with van der Waals surface area (Å²) in [6.07, 6.45) is 0. The number of anilines is 1. The zero-order valence-corrected chi connectivity index (χ0v) is 15.6. The number of hydrogen-bond donors (Lipinski definition) is 1. The van der Waals surface area contributed by atoms with E-state index in [1.165, 1.54) is 24.3 Å². The van der Waals surface area contributed by atoms with Crippen LogP contribution < -0.4 is 19.5 Å². The Morgan fingerprint density at radius 2 is 1.57 bits per heavy atom. The van der Waals surface area contributed by atoms with E-state index in [4.69, 9.17) is 14.2 Å². The van der Waals surface area contributed by atoms with Gasteiger partial charge in [0.05, 0.1) is 14.2 Å². The fraction of sp³-hybridized carbons (Fsp3) is 0.136. The van der Waals surface area contributed by atoms with Crippen LogP contribution >= 0.6 is 0 Å². The first-order chi connectivity index (χ1) is 13.6. The minimum atomic E-state index is -0.361. The Balaban J connectivity index is 1.73. The van der Waals surface area contributed by atoms with Crippen LogP contribution in [0.3, 0.4) is 0 Å². The number of hydrogen-bond acceptors (Lipinski definition) is 4. The molecule has 0 radical (unpaired) electrons. The molecule has 6 heteroatoms. The second kappa shape index (κ2) is 8.90. The first-order valence-corrected chi connectivity index (χ1v) is 8.59. The van der Waals surface area contributed by atoms with Crippen molar-refractivity contribution in [3.05, 3.63) is 83.7 Å². The number of benzene rings is 3. The van der Waals surface area contributed by atoms with Gasteiger partial charge < -0.3 is 19.5 Å². The number of carbonyl (C=O) groups is 1. The van der Waals surface area contributed by atoms with E-state index in [9.17, 15) is 9.18 Å². The summed E-state index contributed by atoms with van der Waals surface area (Å²) in [6, 6.07) is 17.9. The number of methoxy groups -OCH3 is 2. The summed E-state index contributed by atoms with van der Waals surface area (Å²) in [6.45, 7) is 0.229. The highest BCUT2D eigenvalue weighted by atomic mass is 19.1. The van der Waals surface area contributed by atoms with Crippen molar-refractivity contribution in [3.63, 3.8) is 0 Å². The monoisotopic (exact) mass is 381 g/mol. The predicted octanol–water partition coefficient (Wildman–Crippen LogP) is 4.67. The topological polar surface area (TPSA) is 56.8 Å². The zero-order valence-electron chi connectivity index (χ0n) is 15.6. The van der Waals surface area contributed by atoms with Gasteiger partial charge in [-0.05, 0) is 66.7 Å². The lowest BCUT2D eigenvalue weighted by atomic mass is 10.1. The molecule has 0 bridgehead atoms. The van der Waals surface area contributed by atoms with Crippen LogP contribution in [0.2, 0.25) is 0 Å². The predicted molar refractivity (Wildman–Crippen MR) is 105 cm³/mol. The number of amides is 1. The van der Waals surface area contributed by atoms with Gasteiger partial charge in [-0.15, -0.1) is 0 Å². The van der Waals surface area contributed by atoms with Crippen molar-refractivity contribution in [1.82, 2.24) is 0 Å². The minimum absolute atomic E-state index is 0.229. The first-order valence-electron chi connectivity index (χ1n) is 8.59. The quantitative estimate of drug-likeness (QED) is 0.646. The first kappa shape index (κ1) is 19.2. The van der Waals surface area contributed by atoms with E-state index in [0.717, 1.165) is 11.3 Å². The second-order valence-electron chi connectivity index (χ2n) is 5.95. The third kappa shape index (κ3) is 4.79. The molecule has 0 saturated carbocycles. The van der Waals surface area contributed by atoms with Crippen molar-refractivity contribution in [2.75, 3.05) is 19.5 Å². The van der Waals surface area contributed by atoms with E-state index in [1.807, 2.05) is 0 Å². The van der Waals surface area contributed by atoms with Crippen LogP contribution in [0, 0.1) is 5.82 Å². The molecule has 144 valence electrons. The normalized spacial score (nSPS) is 10.2. The maximum Gasteiger partial charge on any atom is 0.255 e. The maximum absolute atomic E-state index is 13.0. The Hall–Kier alpha value is -3.54. The molecule has 0 heterocycles. The molecular weight excluding hydrogens is 361 g/mol. The van der Waals surface area contributed by atoms with Crippen LogP contribution in [0.5, 0.6) is 17.2 Å². The van der Waals surface area contributed by atoms with Crippen molar-refractivity contribution in [3.8, 4) is 17.2 Å². The van der Waals surface area contributed by atoms with E-state index < -0.39 is 0 Å². The van der Waals surface area contributed by atoms with Gasteiger partial charge in [-0.3, -0.25) is 4.79 Å². The zero-order chi connectivity index (χ0) is 19.9. The number of ether oxygens (including phenoxy) is 3. The van der Waals surface area contributed by atoms with Crippen LogP contribution in [-0.4, -0.2) is 20.1 Å². The summed E-state index contributed by atoms with van der Waals surface area (Å²) in [4.78, 5) is 12.5. The molecule has 0 aliphatic carbocycles. The molecule has 28 heavy (non-hydrogen) atoms. The lowest BCUT2D eigenvalue weighted by molar-refractivity contribution is 0.102. The maximum atomic E-state index is 13.0. The Bertz CT molecular complexity index is 940. The number of halogens is 1. The molecule has 0 aliphatic heterocycles. The second-order valence-corrected chi connectivity index (χ2v) is 5.95. The van der Waals surface area contributed by atoms with Gasteiger partial charge in [0.15, 0.2) is 0 Å². The summed E-state index contributed by atoms with van der Waals surface area (Å²) < 4.78 is 29.3. The van der Waals surface area contributed by atoms with E-state index in [-0.39, 0.29) is 18.3 Å². The molecule has 0 fully saturated rings. The fourth-order valence-electron chi connectivity index (χ4n) is 2.60. The number of nitrogens with one attached hydrogen (secondary N) is 1. The largest absolute Gasteiger partial charge is 0.497 e. The van der Waals surface area contributed by atoms with Crippen molar-refractivity contribution >= 4 is 11.6 Å². The van der Waals surface area contributed by atoms with Gasteiger partial charge in [0.1, 0.15) is 29.7 Å². The summed E-state index contributed by atoms with van der Waals surface area (Å²) in [5.74, 6) is 1.36. The van der Waals surface area contributed by atoms with Crippen LogP contribution in [0.4, 0.5) is 10.1 Å². The molecule has 0 unspecified atom stereocenters. The number of carbonyl (C=O) groups excluding carboxylic acids is 1. The third-order valence-corrected chi connectivity index (χ3v) is 4.10. The Kier molecular flexibility index (Phi) is 6.11. The van der Waals surface area contributed by atoms with Gasteiger partial charge in [0.2, 0.25) is 0 Å². The van der Waals surface area contributed by atoms with Crippen molar-refractivity contribution in [1.29, 1.82) is 0 Å². The number of rotatable bonds is 7. The molecule has 0 spiro atoms. The van der Waals surface area contributed by atoms with Gasteiger partial charge in [-0.25, -0.2) is 4.39 Å². The van der Waals surface area contributed by atoms with E-state index in [0.29, 0.717) is 22.7 Å². The average molecular weight is 381 g/mol. The highest BCUT2D eigenvalue weighted by Crippen LogP contribution is 2.24.